The number of carbonyl (C=O) groups excluding carboxylic acids is 1. The average Bonchev–Trinajstić information content (AvgIpc) is 2.81. The van der Waals surface area contributed by atoms with Crippen LogP contribution < -0.4 is 10.1 Å². The zero-order chi connectivity index (χ0) is 16.3. The molecule has 0 aliphatic carbocycles. The summed E-state index contributed by atoms with van der Waals surface area (Å²) in [5.74, 6) is 1.11. The van der Waals surface area contributed by atoms with Crippen LogP contribution in [0.1, 0.15) is 46.8 Å². The number of rotatable bonds is 5. The highest BCUT2D eigenvalue weighted by Gasteiger charge is 2.20. The summed E-state index contributed by atoms with van der Waals surface area (Å²) < 4.78 is 10.9. The molecule has 5 nitrogen and oxygen atoms in total. The predicted molar refractivity (Wildman–Crippen MR) is 84.1 cm³/mol. The molecule has 5 heteroatoms. The molecule has 0 unspecified atom stereocenters. The molecule has 0 saturated carbocycles. The third-order valence-corrected chi connectivity index (χ3v) is 3.48. The number of aryl methyl sites for hydroxylation is 3. The Balaban J connectivity index is 2.14. The lowest BCUT2D eigenvalue weighted by molar-refractivity contribution is 0.0932. The van der Waals surface area contributed by atoms with Crippen molar-refractivity contribution < 1.29 is 14.1 Å². The minimum absolute atomic E-state index is 0.0398. The molecule has 0 bridgehead atoms. The van der Waals surface area contributed by atoms with Crippen LogP contribution in [0.15, 0.2) is 22.7 Å². The normalized spacial score (nSPS) is 10.8. The van der Waals surface area contributed by atoms with Crippen molar-refractivity contribution >= 4 is 5.91 Å². The molecule has 2 aromatic rings. The van der Waals surface area contributed by atoms with Gasteiger partial charge in [-0.25, -0.2) is 0 Å². The van der Waals surface area contributed by atoms with Crippen molar-refractivity contribution in [3.63, 3.8) is 0 Å². The second kappa shape index (κ2) is 6.64. The van der Waals surface area contributed by atoms with Crippen molar-refractivity contribution in [2.24, 2.45) is 0 Å². The van der Waals surface area contributed by atoms with Crippen LogP contribution in [-0.2, 0) is 6.61 Å². The van der Waals surface area contributed by atoms with Crippen LogP contribution in [0.5, 0.6) is 5.75 Å². The molecular weight excluding hydrogens is 280 g/mol. The number of benzene rings is 1. The first kappa shape index (κ1) is 16.1. The van der Waals surface area contributed by atoms with Gasteiger partial charge in [0.15, 0.2) is 5.69 Å². The largest absolute Gasteiger partial charge is 0.489 e. The Bertz CT molecular complexity index is 675. The highest BCUT2D eigenvalue weighted by Crippen LogP contribution is 2.20. The van der Waals surface area contributed by atoms with Gasteiger partial charge in [-0.3, -0.25) is 4.79 Å². The lowest BCUT2D eigenvalue weighted by Crippen LogP contribution is -2.31. The molecule has 0 atom stereocenters. The number of amides is 1. The van der Waals surface area contributed by atoms with Crippen molar-refractivity contribution in [3.8, 4) is 5.75 Å². The summed E-state index contributed by atoms with van der Waals surface area (Å²) in [7, 11) is 0. The second-order valence-corrected chi connectivity index (χ2v) is 5.73. The van der Waals surface area contributed by atoms with Crippen LogP contribution >= 0.6 is 0 Å². The minimum atomic E-state index is -0.245. The highest BCUT2D eigenvalue weighted by molar-refractivity contribution is 5.93. The Kier molecular flexibility index (Phi) is 4.85. The topological polar surface area (TPSA) is 64.4 Å². The van der Waals surface area contributed by atoms with Crippen molar-refractivity contribution in [3.05, 3.63) is 46.3 Å². The van der Waals surface area contributed by atoms with Gasteiger partial charge in [0.05, 0.1) is 5.56 Å². The number of hydrogen-bond acceptors (Lipinski definition) is 4. The Morgan fingerprint density at radius 1 is 1.27 bits per heavy atom. The fourth-order valence-electron chi connectivity index (χ4n) is 2.03. The number of aromatic nitrogens is 1. The molecule has 1 heterocycles. The molecule has 0 aliphatic heterocycles. The summed E-state index contributed by atoms with van der Waals surface area (Å²) >= 11 is 0. The Labute approximate surface area is 130 Å². The quantitative estimate of drug-likeness (QED) is 0.920. The summed E-state index contributed by atoms with van der Waals surface area (Å²) in [5, 5.41) is 6.66. The lowest BCUT2D eigenvalue weighted by atomic mass is 10.1. The fraction of sp³-hybridized carbons (Fsp3) is 0.412. The van der Waals surface area contributed by atoms with E-state index in [1.54, 1.807) is 6.92 Å². The third kappa shape index (κ3) is 3.67. The molecule has 1 aromatic carbocycles. The van der Waals surface area contributed by atoms with Gasteiger partial charge in [0.25, 0.3) is 5.91 Å². The number of nitrogens with zero attached hydrogens (tertiary/aromatic N) is 1. The van der Waals surface area contributed by atoms with Crippen molar-refractivity contribution in [1.29, 1.82) is 0 Å². The Hall–Kier alpha value is -2.30. The molecule has 1 amide bonds. The molecule has 118 valence electrons. The van der Waals surface area contributed by atoms with Gasteiger partial charge in [-0.15, -0.1) is 0 Å². The molecule has 0 spiro atoms. The zero-order valence-corrected chi connectivity index (χ0v) is 13.7. The molecule has 0 saturated heterocycles. The van der Waals surface area contributed by atoms with E-state index < -0.39 is 0 Å². The number of hydrogen-bond donors (Lipinski definition) is 1. The number of carbonyl (C=O) groups is 1. The second-order valence-electron chi connectivity index (χ2n) is 5.73. The van der Waals surface area contributed by atoms with E-state index in [1.165, 1.54) is 5.56 Å². The van der Waals surface area contributed by atoms with Crippen LogP contribution in [0.2, 0.25) is 0 Å². The van der Waals surface area contributed by atoms with Crippen molar-refractivity contribution in [2.45, 2.75) is 47.3 Å². The van der Waals surface area contributed by atoms with Crippen molar-refractivity contribution in [1.82, 2.24) is 10.5 Å². The molecular formula is C17H22N2O3. The molecule has 0 aliphatic rings. The maximum absolute atomic E-state index is 12.1. The van der Waals surface area contributed by atoms with E-state index in [-0.39, 0.29) is 24.2 Å². The maximum atomic E-state index is 12.1. The number of ether oxygens (including phenoxy) is 1. The van der Waals surface area contributed by atoms with Crippen LogP contribution in [-0.4, -0.2) is 17.1 Å². The summed E-state index contributed by atoms with van der Waals surface area (Å²) in [6.07, 6.45) is 0. The van der Waals surface area contributed by atoms with E-state index in [0.717, 1.165) is 11.3 Å². The molecule has 0 fully saturated rings. The monoisotopic (exact) mass is 302 g/mol. The van der Waals surface area contributed by atoms with E-state index in [2.05, 4.69) is 17.4 Å². The van der Waals surface area contributed by atoms with Crippen LogP contribution in [0.4, 0.5) is 0 Å². The molecule has 2 rings (SSSR count). The highest BCUT2D eigenvalue weighted by atomic mass is 16.5. The van der Waals surface area contributed by atoms with Gasteiger partial charge in [-0.1, -0.05) is 11.2 Å². The van der Waals surface area contributed by atoms with Gasteiger partial charge in [-0.05, 0) is 57.9 Å². The van der Waals surface area contributed by atoms with Gasteiger partial charge < -0.3 is 14.6 Å². The van der Waals surface area contributed by atoms with Gasteiger partial charge in [0, 0.05) is 6.04 Å². The summed E-state index contributed by atoms with van der Waals surface area (Å²) in [5.41, 5.74) is 3.34. The van der Waals surface area contributed by atoms with E-state index >= 15 is 0 Å². The third-order valence-electron chi connectivity index (χ3n) is 3.48. The molecule has 22 heavy (non-hydrogen) atoms. The van der Waals surface area contributed by atoms with Crippen molar-refractivity contribution in [2.75, 3.05) is 0 Å². The molecule has 0 radical (unpaired) electrons. The van der Waals surface area contributed by atoms with E-state index in [9.17, 15) is 4.79 Å². The Morgan fingerprint density at radius 3 is 2.64 bits per heavy atom. The molecule has 1 N–H and O–H groups in total. The predicted octanol–water partition coefficient (Wildman–Crippen LogP) is 3.32. The first-order valence-electron chi connectivity index (χ1n) is 7.34. The Morgan fingerprint density at radius 2 is 2.00 bits per heavy atom. The number of nitrogens with one attached hydrogen (secondary N) is 1. The smallest absolute Gasteiger partial charge is 0.274 e. The van der Waals surface area contributed by atoms with Crippen LogP contribution in [0.3, 0.4) is 0 Å². The standard InChI is InChI=1S/C17H22N2O3/c1-10(2)18-17(20)16-15(13(5)22-19-16)9-21-14-7-6-11(3)12(4)8-14/h6-8,10H,9H2,1-5H3,(H,18,20). The van der Waals surface area contributed by atoms with Gasteiger partial charge in [0.1, 0.15) is 18.1 Å². The minimum Gasteiger partial charge on any atom is -0.489 e. The zero-order valence-electron chi connectivity index (χ0n) is 13.7. The molecule has 1 aromatic heterocycles. The fourth-order valence-corrected chi connectivity index (χ4v) is 2.03. The SMILES string of the molecule is Cc1ccc(OCc2c(C(=O)NC(C)C)noc2C)cc1C. The average molecular weight is 302 g/mol. The van der Waals surface area contributed by atoms with Gasteiger partial charge in [0.2, 0.25) is 0 Å². The first-order valence-corrected chi connectivity index (χ1v) is 7.34. The van der Waals surface area contributed by atoms with E-state index in [1.807, 2.05) is 39.0 Å². The van der Waals surface area contributed by atoms with E-state index in [0.29, 0.717) is 11.3 Å². The van der Waals surface area contributed by atoms with Crippen LogP contribution in [0, 0.1) is 20.8 Å². The maximum Gasteiger partial charge on any atom is 0.274 e. The first-order chi connectivity index (χ1) is 10.4. The van der Waals surface area contributed by atoms with Gasteiger partial charge >= 0.3 is 0 Å². The summed E-state index contributed by atoms with van der Waals surface area (Å²) in [6.45, 7) is 9.91. The van der Waals surface area contributed by atoms with Crippen LogP contribution in [0.25, 0.3) is 0 Å². The van der Waals surface area contributed by atoms with E-state index in [4.69, 9.17) is 9.26 Å². The lowest BCUT2D eigenvalue weighted by Gasteiger charge is -2.10. The van der Waals surface area contributed by atoms with Gasteiger partial charge in [-0.2, -0.15) is 0 Å². The summed E-state index contributed by atoms with van der Waals surface area (Å²) in [4.78, 5) is 12.1. The summed E-state index contributed by atoms with van der Waals surface area (Å²) in [6, 6.07) is 5.95.